The van der Waals surface area contributed by atoms with Gasteiger partial charge in [-0.05, 0) is 18.2 Å². The monoisotopic (exact) mass is 289 g/mol. The van der Waals surface area contributed by atoms with E-state index in [1.807, 2.05) is 0 Å². The highest BCUT2D eigenvalue weighted by Crippen LogP contribution is 2.30. The summed E-state index contributed by atoms with van der Waals surface area (Å²) in [5.41, 5.74) is -0.905. The second kappa shape index (κ2) is 5.80. The molecule has 1 atom stereocenters. The lowest BCUT2D eigenvalue weighted by Gasteiger charge is -2.34. The summed E-state index contributed by atoms with van der Waals surface area (Å²) in [4.78, 5) is 13.6. The van der Waals surface area contributed by atoms with Crippen LogP contribution in [0.3, 0.4) is 0 Å². The number of halogens is 3. The molecule has 0 spiro atoms. The molecule has 1 N–H and O–H groups in total. The maximum Gasteiger partial charge on any atom is 0.416 e. The molecule has 0 aliphatic carbocycles. The van der Waals surface area contributed by atoms with Crippen molar-refractivity contribution < 1.29 is 27.8 Å². The first kappa shape index (κ1) is 14.8. The molecular formula is C13H14F3NO3. The van der Waals surface area contributed by atoms with E-state index in [0.717, 1.165) is 12.1 Å². The molecular weight excluding hydrogens is 275 g/mol. The Kier molecular flexibility index (Phi) is 4.29. The minimum absolute atomic E-state index is 0.0415. The van der Waals surface area contributed by atoms with Crippen LogP contribution in [-0.2, 0) is 10.9 Å². The van der Waals surface area contributed by atoms with E-state index in [1.165, 1.54) is 17.0 Å². The van der Waals surface area contributed by atoms with Crippen LogP contribution in [0, 0.1) is 0 Å². The lowest BCUT2D eigenvalue weighted by molar-refractivity contribution is -0.137. The van der Waals surface area contributed by atoms with E-state index in [0.29, 0.717) is 6.61 Å². The van der Waals surface area contributed by atoms with Crippen molar-refractivity contribution in [1.29, 1.82) is 0 Å². The van der Waals surface area contributed by atoms with Crippen LogP contribution in [0.2, 0.25) is 0 Å². The zero-order chi connectivity index (χ0) is 14.8. The number of carbonyl (C=O) groups excluding carboxylic acids is 1. The van der Waals surface area contributed by atoms with E-state index < -0.39 is 23.7 Å². The quantitative estimate of drug-likeness (QED) is 0.898. The molecule has 1 aliphatic rings. The number of amides is 1. The fourth-order valence-electron chi connectivity index (χ4n) is 2.07. The Hall–Kier alpha value is -1.60. The van der Waals surface area contributed by atoms with Crippen LogP contribution in [0.15, 0.2) is 24.3 Å². The zero-order valence-electron chi connectivity index (χ0n) is 10.6. The van der Waals surface area contributed by atoms with Crippen molar-refractivity contribution in [3.63, 3.8) is 0 Å². The van der Waals surface area contributed by atoms with E-state index >= 15 is 0 Å². The Morgan fingerprint density at radius 2 is 2.20 bits per heavy atom. The average Bonchev–Trinajstić information content (AvgIpc) is 2.45. The van der Waals surface area contributed by atoms with Gasteiger partial charge in [-0.15, -0.1) is 0 Å². The van der Waals surface area contributed by atoms with Crippen LogP contribution in [0.25, 0.3) is 0 Å². The maximum atomic E-state index is 12.6. The van der Waals surface area contributed by atoms with E-state index in [4.69, 9.17) is 4.74 Å². The van der Waals surface area contributed by atoms with Gasteiger partial charge < -0.3 is 14.7 Å². The first-order valence-corrected chi connectivity index (χ1v) is 6.10. The Labute approximate surface area is 113 Å². The Balaban J connectivity index is 2.24. The van der Waals surface area contributed by atoms with Crippen molar-refractivity contribution in [3.8, 4) is 0 Å². The molecule has 1 amide bonds. The number of nitrogens with zero attached hydrogens (tertiary/aromatic N) is 1. The standard InChI is InChI=1S/C13H14F3NO3/c14-13(15,16)10-3-1-2-9(6-10)12(19)17-4-5-20-8-11(17)7-18/h1-3,6,11,18H,4-5,7-8H2/t11-/m0/s1. The summed E-state index contributed by atoms with van der Waals surface area (Å²) in [6.45, 7) is 0.452. The molecule has 2 rings (SSSR count). The number of aliphatic hydroxyl groups excluding tert-OH is 1. The second-order valence-corrected chi connectivity index (χ2v) is 4.49. The van der Waals surface area contributed by atoms with Crippen LogP contribution in [0.4, 0.5) is 13.2 Å². The third-order valence-corrected chi connectivity index (χ3v) is 3.14. The Bertz CT molecular complexity index is 490. The van der Waals surface area contributed by atoms with Crippen molar-refractivity contribution >= 4 is 5.91 Å². The summed E-state index contributed by atoms with van der Waals surface area (Å²) >= 11 is 0. The molecule has 0 saturated carbocycles. The van der Waals surface area contributed by atoms with E-state index in [1.54, 1.807) is 0 Å². The number of carbonyl (C=O) groups is 1. The highest BCUT2D eigenvalue weighted by Gasteiger charge is 2.32. The highest BCUT2D eigenvalue weighted by molar-refractivity contribution is 5.94. The van der Waals surface area contributed by atoms with Gasteiger partial charge in [0, 0.05) is 12.1 Å². The SMILES string of the molecule is O=C(c1cccc(C(F)(F)F)c1)N1CCOC[C@@H]1CO. The van der Waals surface area contributed by atoms with Crippen molar-refractivity contribution in [1.82, 2.24) is 4.90 Å². The minimum Gasteiger partial charge on any atom is -0.394 e. The fraction of sp³-hybridized carbons (Fsp3) is 0.462. The molecule has 4 nitrogen and oxygen atoms in total. The van der Waals surface area contributed by atoms with Gasteiger partial charge in [0.05, 0.1) is 31.4 Å². The summed E-state index contributed by atoms with van der Waals surface area (Å²) in [5.74, 6) is -0.529. The van der Waals surface area contributed by atoms with Gasteiger partial charge >= 0.3 is 6.18 Å². The van der Waals surface area contributed by atoms with Crippen molar-refractivity contribution in [2.75, 3.05) is 26.4 Å². The number of hydrogen-bond donors (Lipinski definition) is 1. The number of hydrogen-bond acceptors (Lipinski definition) is 3. The normalized spacial score (nSPS) is 20.0. The summed E-state index contributed by atoms with van der Waals surface area (Å²) in [6.07, 6.45) is -4.49. The van der Waals surface area contributed by atoms with Crippen LogP contribution >= 0.6 is 0 Å². The largest absolute Gasteiger partial charge is 0.416 e. The fourth-order valence-corrected chi connectivity index (χ4v) is 2.07. The number of rotatable bonds is 2. The molecule has 1 saturated heterocycles. The minimum atomic E-state index is -4.49. The Morgan fingerprint density at radius 1 is 1.45 bits per heavy atom. The van der Waals surface area contributed by atoms with Gasteiger partial charge in [-0.25, -0.2) is 0 Å². The molecule has 0 bridgehead atoms. The van der Waals surface area contributed by atoms with Crippen LogP contribution < -0.4 is 0 Å². The van der Waals surface area contributed by atoms with Crippen molar-refractivity contribution in [3.05, 3.63) is 35.4 Å². The van der Waals surface area contributed by atoms with E-state index in [-0.39, 0.29) is 25.3 Å². The number of morpholine rings is 1. The van der Waals surface area contributed by atoms with Gasteiger partial charge in [-0.1, -0.05) is 6.07 Å². The highest BCUT2D eigenvalue weighted by atomic mass is 19.4. The molecule has 1 heterocycles. The molecule has 1 fully saturated rings. The predicted molar refractivity (Wildman–Crippen MR) is 64.2 cm³/mol. The lowest BCUT2D eigenvalue weighted by Crippen LogP contribution is -2.50. The molecule has 0 aromatic heterocycles. The zero-order valence-corrected chi connectivity index (χ0v) is 10.6. The predicted octanol–water partition coefficient (Wildman–Crippen LogP) is 1.54. The molecule has 7 heteroatoms. The molecule has 1 aliphatic heterocycles. The van der Waals surface area contributed by atoms with Gasteiger partial charge in [0.15, 0.2) is 0 Å². The van der Waals surface area contributed by atoms with Crippen LogP contribution in [-0.4, -0.2) is 48.3 Å². The third kappa shape index (κ3) is 3.10. The number of benzene rings is 1. The van der Waals surface area contributed by atoms with Crippen LogP contribution in [0.1, 0.15) is 15.9 Å². The summed E-state index contributed by atoms with van der Waals surface area (Å²) in [6, 6.07) is 3.75. The first-order valence-electron chi connectivity index (χ1n) is 6.10. The smallest absolute Gasteiger partial charge is 0.394 e. The second-order valence-electron chi connectivity index (χ2n) is 4.49. The average molecular weight is 289 g/mol. The van der Waals surface area contributed by atoms with Gasteiger partial charge in [0.1, 0.15) is 0 Å². The van der Waals surface area contributed by atoms with Crippen molar-refractivity contribution in [2.24, 2.45) is 0 Å². The van der Waals surface area contributed by atoms with Gasteiger partial charge in [0.2, 0.25) is 0 Å². The molecule has 0 radical (unpaired) electrons. The Morgan fingerprint density at radius 3 is 2.85 bits per heavy atom. The van der Waals surface area contributed by atoms with Crippen molar-refractivity contribution in [2.45, 2.75) is 12.2 Å². The van der Waals surface area contributed by atoms with E-state index in [2.05, 4.69) is 0 Å². The van der Waals surface area contributed by atoms with E-state index in [9.17, 15) is 23.1 Å². The summed E-state index contributed by atoms with van der Waals surface area (Å²) in [5, 5.41) is 9.19. The third-order valence-electron chi connectivity index (χ3n) is 3.14. The van der Waals surface area contributed by atoms with Crippen LogP contribution in [0.5, 0.6) is 0 Å². The lowest BCUT2D eigenvalue weighted by atomic mass is 10.1. The summed E-state index contributed by atoms with van der Waals surface area (Å²) in [7, 11) is 0. The molecule has 20 heavy (non-hydrogen) atoms. The number of alkyl halides is 3. The van der Waals surface area contributed by atoms with Gasteiger partial charge in [0.25, 0.3) is 5.91 Å². The van der Waals surface area contributed by atoms with Gasteiger partial charge in [-0.2, -0.15) is 13.2 Å². The first-order chi connectivity index (χ1) is 9.43. The topological polar surface area (TPSA) is 49.8 Å². The number of ether oxygens (including phenoxy) is 1. The molecule has 1 aromatic carbocycles. The molecule has 110 valence electrons. The number of aliphatic hydroxyl groups is 1. The summed E-state index contributed by atoms with van der Waals surface area (Å²) < 4.78 is 43.0. The molecule has 0 unspecified atom stereocenters. The molecule has 1 aromatic rings. The maximum absolute atomic E-state index is 12.6. The van der Waals surface area contributed by atoms with Gasteiger partial charge in [-0.3, -0.25) is 4.79 Å².